The molecule has 0 aliphatic carbocycles. The molecule has 0 spiro atoms. The number of aromatic nitrogens is 1. The maximum atomic E-state index is 11.1. The molecule has 1 amide bonds. The highest BCUT2D eigenvalue weighted by Gasteiger charge is 2.13. The molecule has 0 radical (unpaired) electrons. The molecule has 1 aromatic heterocycles. The molecule has 2 N–H and O–H groups in total. The minimum absolute atomic E-state index is 0.222. The van der Waals surface area contributed by atoms with Crippen LogP contribution in [-0.4, -0.2) is 5.91 Å². The second-order valence-electron chi connectivity index (χ2n) is 2.40. The molecule has 5 heteroatoms. The number of carbonyl (C=O) groups excluding carboxylic acids is 1. The third-order valence-electron chi connectivity index (χ3n) is 1.42. The smallest absolute Gasteiger partial charge is 0.388 e. The summed E-state index contributed by atoms with van der Waals surface area (Å²) in [4.78, 5) is 11.1. The molecule has 12 heavy (non-hydrogen) atoms. The average molecular weight is 200 g/mol. The van der Waals surface area contributed by atoms with E-state index in [-0.39, 0.29) is 5.91 Å². The predicted octanol–water partition coefficient (Wildman–Crippen LogP) is -1.24. The molecule has 0 unspecified atom stereocenters. The van der Waals surface area contributed by atoms with Gasteiger partial charge in [-0.2, -0.15) is 0 Å². The van der Waals surface area contributed by atoms with E-state index in [0.29, 0.717) is 5.69 Å². The topological polar surface area (TPSA) is 37.6 Å². The predicted molar refractivity (Wildman–Crippen MR) is 47.8 cm³/mol. The van der Waals surface area contributed by atoms with Crippen molar-refractivity contribution >= 4 is 31.5 Å². The summed E-state index contributed by atoms with van der Waals surface area (Å²) in [6.45, 7) is 1.91. The zero-order valence-corrected chi connectivity index (χ0v) is 8.11. The SMILES string of the molecule is Cc1ccc(C(=O)[NH2+][S-])[n+]([S-])c1. The van der Waals surface area contributed by atoms with Gasteiger partial charge in [-0.3, -0.25) is 3.97 Å². The molecule has 0 saturated heterocycles. The zero-order valence-electron chi connectivity index (χ0n) is 6.48. The monoisotopic (exact) mass is 200 g/mol. The normalized spacial score (nSPS) is 9.83. The largest absolute Gasteiger partial charge is 0.488 e. The summed E-state index contributed by atoms with van der Waals surface area (Å²) >= 11 is 9.43. The molecule has 64 valence electrons. The van der Waals surface area contributed by atoms with Crippen LogP contribution in [-0.2, 0) is 25.6 Å². The number of carbonyl (C=O) groups is 1. The van der Waals surface area contributed by atoms with Crippen molar-refractivity contribution in [2.75, 3.05) is 0 Å². The number of pyridine rings is 1. The molecule has 0 saturated carbocycles. The highest BCUT2D eigenvalue weighted by Crippen LogP contribution is 1.94. The molecule has 0 aromatic carbocycles. The zero-order chi connectivity index (χ0) is 9.14. The standard InChI is InChI=1S/C7H8N2OS2/c1-5-2-3-6(7(10)8-11)9(12)4-5/h2-4H,8H2,1H3. The first kappa shape index (κ1) is 9.44. The molecule has 1 rings (SSSR count). The number of quaternary nitrogens is 1. The minimum atomic E-state index is -0.222. The van der Waals surface area contributed by atoms with Crippen molar-refractivity contribution in [1.29, 1.82) is 0 Å². The molecule has 1 heterocycles. The van der Waals surface area contributed by atoms with E-state index in [4.69, 9.17) is 12.8 Å². The molecule has 0 aliphatic rings. The Kier molecular flexibility index (Phi) is 3.02. The van der Waals surface area contributed by atoms with Crippen molar-refractivity contribution in [3.8, 4) is 0 Å². The Morgan fingerprint density at radius 3 is 2.75 bits per heavy atom. The van der Waals surface area contributed by atoms with Gasteiger partial charge in [0.25, 0.3) is 5.69 Å². The Balaban J connectivity index is 3.09. The van der Waals surface area contributed by atoms with Crippen molar-refractivity contribution in [2.24, 2.45) is 0 Å². The van der Waals surface area contributed by atoms with E-state index >= 15 is 0 Å². The first-order valence-corrected chi connectivity index (χ1v) is 4.18. The van der Waals surface area contributed by atoms with E-state index in [1.165, 1.54) is 3.97 Å². The van der Waals surface area contributed by atoms with Crippen LogP contribution in [0.3, 0.4) is 0 Å². The van der Waals surface area contributed by atoms with E-state index < -0.39 is 0 Å². The van der Waals surface area contributed by atoms with E-state index in [0.717, 1.165) is 10.3 Å². The van der Waals surface area contributed by atoms with Crippen LogP contribution < -0.4 is 8.69 Å². The summed E-state index contributed by atoms with van der Waals surface area (Å²) in [6.07, 6.45) is 1.71. The van der Waals surface area contributed by atoms with E-state index in [1.807, 2.05) is 13.0 Å². The van der Waals surface area contributed by atoms with Crippen LogP contribution in [0.2, 0.25) is 0 Å². The molecular formula is C7H8N2OS2. The molecule has 0 aliphatic heterocycles. The fourth-order valence-corrected chi connectivity index (χ4v) is 1.27. The number of amides is 1. The van der Waals surface area contributed by atoms with Crippen LogP contribution in [0.4, 0.5) is 0 Å². The molecule has 0 atom stereocenters. The second kappa shape index (κ2) is 3.84. The van der Waals surface area contributed by atoms with Gasteiger partial charge >= 0.3 is 5.91 Å². The molecule has 1 aromatic rings. The Labute approximate surface area is 81.9 Å². The highest BCUT2D eigenvalue weighted by atomic mass is 32.1. The summed E-state index contributed by atoms with van der Waals surface area (Å²) in [5, 5.41) is 0. The fraction of sp³-hybridized carbons (Fsp3) is 0.143. The van der Waals surface area contributed by atoms with Gasteiger partial charge in [-0.15, -0.1) is 0 Å². The maximum absolute atomic E-state index is 11.1. The van der Waals surface area contributed by atoms with Crippen LogP contribution in [0.15, 0.2) is 18.3 Å². The lowest BCUT2D eigenvalue weighted by Gasteiger charge is -2.04. The van der Waals surface area contributed by atoms with Crippen LogP contribution in [0.1, 0.15) is 16.1 Å². The number of nitrogens with zero attached hydrogens (tertiary/aromatic N) is 1. The Morgan fingerprint density at radius 2 is 2.25 bits per heavy atom. The average Bonchev–Trinajstić information content (AvgIpc) is 2.03. The summed E-state index contributed by atoms with van der Waals surface area (Å²) in [5.41, 5.74) is 1.46. The van der Waals surface area contributed by atoms with Gasteiger partial charge in [-0.05, 0) is 13.0 Å². The van der Waals surface area contributed by atoms with Crippen LogP contribution in [0, 0.1) is 6.92 Å². The quantitative estimate of drug-likeness (QED) is 0.455. The Hall–Kier alpha value is -0.650. The third kappa shape index (κ3) is 1.94. The molecule has 3 nitrogen and oxygen atoms in total. The van der Waals surface area contributed by atoms with Gasteiger partial charge in [-0.25, -0.2) is 4.79 Å². The van der Waals surface area contributed by atoms with Gasteiger partial charge in [0.2, 0.25) is 0 Å². The summed E-state index contributed by atoms with van der Waals surface area (Å²) in [7, 11) is 0. The molecular weight excluding hydrogens is 192 g/mol. The lowest BCUT2D eigenvalue weighted by molar-refractivity contribution is -0.507. The van der Waals surface area contributed by atoms with Crippen molar-refractivity contribution in [3.63, 3.8) is 0 Å². The van der Waals surface area contributed by atoms with Gasteiger partial charge in [-0.1, -0.05) is 0 Å². The third-order valence-corrected chi connectivity index (χ3v) is 1.94. The summed E-state index contributed by atoms with van der Waals surface area (Å²) in [6, 6.07) is 3.50. The van der Waals surface area contributed by atoms with E-state index in [1.54, 1.807) is 12.3 Å². The number of rotatable bonds is 1. The van der Waals surface area contributed by atoms with Crippen molar-refractivity contribution in [3.05, 3.63) is 29.6 Å². The lowest BCUT2D eigenvalue weighted by atomic mass is 10.3. The Morgan fingerprint density at radius 1 is 1.58 bits per heavy atom. The lowest BCUT2D eigenvalue weighted by Crippen LogP contribution is -2.83. The first-order valence-electron chi connectivity index (χ1n) is 3.34. The number of aryl methyl sites for hydroxylation is 1. The number of nitrogens with two attached hydrogens (primary N) is 1. The Bertz CT molecular complexity index is 314. The van der Waals surface area contributed by atoms with E-state index in [2.05, 4.69) is 12.8 Å². The minimum Gasteiger partial charge on any atom is -0.488 e. The number of hydrogen-bond donors (Lipinski definition) is 1. The van der Waals surface area contributed by atoms with Crippen LogP contribution >= 0.6 is 0 Å². The maximum Gasteiger partial charge on any atom is 0.388 e. The van der Waals surface area contributed by atoms with Gasteiger partial charge in [0.1, 0.15) is 0 Å². The van der Waals surface area contributed by atoms with Crippen LogP contribution in [0.5, 0.6) is 0 Å². The second-order valence-corrected chi connectivity index (χ2v) is 3.03. The van der Waals surface area contributed by atoms with Crippen LogP contribution in [0.25, 0.3) is 0 Å². The van der Waals surface area contributed by atoms with Crippen molar-refractivity contribution < 1.29 is 13.5 Å². The van der Waals surface area contributed by atoms with Gasteiger partial charge < -0.3 is 30.4 Å². The first-order chi connectivity index (χ1) is 5.65. The highest BCUT2D eigenvalue weighted by molar-refractivity contribution is 7.51. The molecule has 0 bridgehead atoms. The number of hydrogen-bond acceptors (Lipinski definition) is 3. The number of primary amides is 1. The van der Waals surface area contributed by atoms with E-state index in [9.17, 15) is 4.79 Å². The summed E-state index contributed by atoms with van der Waals surface area (Å²) < 4.78 is 2.45. The van der Waals surface area contributed by atoms with Gasteiger partial charge in [0.15, 0.2) is 6.20 Å². The molecule has 0 fully saturated rings. The van der Waals surface area contributed by atoms with Gasteiger partial charge in [0.05, 0.1) is 0 Å². The van der Waals surface area contributed by atoms with Crippen molar-refractivity contribution in [1.82, 2.24) is 0 Å². The van der Waals surface area contributed by atoms with Crippen molar-refractivity contribution in [2.45, 2.75) is 6.92 Å². The summed E-state index contributed by atoms with van der Waals surface area (Å²) in [5.74, 6) is -0.222. The van der Waals surface area contributed by atoms with Gasteiger partial charge in [0, 0.05) is 11.6 Å². The fourth-order valence-electron chi connectivity index (χ4n) is 0.832.